The molecule has 1 heterocycles. The molecule has 0 bridgehead atoms. The molecule has 1 saturated heterocycles. The lowest BCUT2D eigenvalue weighted by Gasteiger charge is -2.50. The molecule has 2 unspecified atom stereocenters. The maximum Gasteiger partial charge on any atom is 0.0621 e. The minimum Gasteiger partial charge on any atom is -0.392 e. The van der Waals surface area contributed by atoms with E-state index in [4.69, 9.17) is 0 Å². The van der Waals surface area contributed by atoms with Crippen molar-refractivity contribution in [2.45, 2.75) is 52.2 Å². The molecular weight excluding hydrogens is 212 g/mol. The summed E-state index contributed by atoms with van der Waals surface area (Å²) in [7, 11) is 0. The molecule has 1 saturated carbocycles. The van der Waals surface area contributed by atoms with Crippen LogP contribution < -0.4 is 5.32 Å². The number of nitrogens with one attached hydrogen (secondary N) is 1. The number of aliphatic hydroxyl groups excluding tert-OH is 1. The fourth-order valence-electron chi connectivity index (χ4n) is 2.93. The van der Waals surface area contributed by atoms with Crippen LogP contribution in [0.2, 0.25) is 0 Å². The summed E-state index contributed by atoms with van der Waals surface area (Å²) < 4.78 is 0. The largest absolute Gasteiger partial charge is 0.392 e. The van der Waals surface area contributed by atoms with E-state index in [1.807, 2.05) is 0 Å². The number of hydrogen-bond donors (Lipinski definition) is 2. The van der Waals surface area contributed by atoms with Gasteiger partial charge in [0.25, 0.3) is 0 Å². The number of likely N-dealkylation sites (tertiary alicyclic amines) is 1. The molecule has 2 atom stereocenters. The lowest BCUT2D eigenvalue weighted by molar-refractivity contribution is -0.0727. The van der Waals surface area contributed by atoms with Gasteiger partial charge >= 0.3 is 0 Å². The second-order valence-electron chi connectivity index (χ2n) is 6.60. The highest BCUT2D eigenvalue weighted by atomic mass is 16.3. The highest BCUT2D eigenvalue weighted by Gasteiger charge is 2.46. The smallest absolute Gasteiger partial charge is 0.0621 e. The van der Waals surface area contributed by atoms with E-state index < -0.39 is 0 Å². The molecule has 0 aromatic carbocycles. The third-order valence-electron chi connectivity index (χ3n) is 4.91. The summed E-state index contributed by atoms with van der Waals surface area (Å²) in [5.41, 5.74) is 0.0659. The molecule has 2 fully saturated rings. The summed E-state index contributed by atoms with van der Waals surface area (Å²) in [5, 5.41) is 13.3. The normalized spacial score (nSPS) is 34.6. The molecule has 100 valence electrons. The van der Waals surface area contributed by atoms with E-state index in [0.717, 1.165) is 25.4 Å². The van der Waals surface area contributed by atoms with E-state index in [0.29, 0.717) is 6.04 Å². The second kappa shape index (κ2) is 5.25. The minimum atomic E-state index is -0.115. The zero-order valence-electron chi connectivity index (χ0n) is 11.6. The summed E-state index contributed by atoms with van der Waals surface area (Å²) in [6, 6.07) is 0.501. The summed E-state index contributed by atoms with van der Waals surface area (Å²) in [4.78, 5) is 2.56. The average molecular weight is 240 g/mol. The van der Waals surface area contributed by atoms with Crippen LogP contribution in [0, 0.1) is 11.3 Å². The van der Waals surface area contributed by atoms with Crippen LogP contribution in [0.3, 0.4) is 0 Å². The van der Waals surface area contributed by atoms with Gasteiger partial charge in [0.15, 0.2) is 0 Å². The third kappa shape index (κ3) is 3.01. The lowest BCUT2D eigenvalue weighted by Crippen LogP contribution is -2.60. The van der Waals surface area contributed by atoms with E-state index >= 15 is 0 Å². The van der Waals surface area contributed by atoms with Crippen LogP contribution >= 0.6 is 0 Å². The first-order chi connectivity index (χ1) is 8.00. The first kappa shape index (κ1) is 13.3. The Morgan fingerprint density at radius 1 is 1.29 bits per heavy atom. The summed E-state index contributed by atoms with van der Waals surface area (Å²) >= 11 is 0. The fraction of sp³-hybridized carbons (Fsp3) is 1.00. The van der Waals surface area contributed by atoms with Crippen LogP contribution in [0.4, 0.5) is 0 Å². The molecule has 1 aliphatic heterocycles. The fourth-order valence-corrected chi connectivity index (χ4v) is 2.93. The first-order valence-electron chi connectivity index (χ1n) is 7.14. The molecule has 3 heteroatoms. The maximum absolute atomic E-state index is 9.67. The number of nitrogens with zero attached hydrogens (tertiary/aromatic N) is 1. The van der Waals surface area contributed by atoms with Crippen molar-refractivity contribution in [1.82, 2.24) is 10.2 Å². The Hall–Kier alpha value is -0.120. The van der Waals surface area contributed by atoms with E-state index in [1.54, 1.807) is 0 Å². The Labute approximate surface area is 106 Å². The van der Waals surface area contributed by atoms with E-state index in [-0.39, 0.29) is 11.5 Å². The predicted octanol–water partition coefficient (Wildman–Crippen LogP) is 1.47. The van der Waals surface area contributed by atoms with E-state index in [2.05, 4.69) is 31.0 Å². The zero-order valence-corrected chi connectivity index (χ0v) is 11.6. The molecular formula is C14H28N2O. The van der Waals surface area contributed by atoms with Crippen molar-refractivity contribution in [3.05, 3.63) is 0 Å². The molecule has 0 amide bonds. The van der Waals surface area contributed by atoms with Crippen molar-refractivity contribution >= 4 is 0 Å². The van der Waals surface area contributed by atoms with E-state index in [9.17, 15) is 5.11 Å². The van der Waals surface area contributed by atoms with Crippen LogP contribution in [-0.2, 0) is 0 Å². The highest BCUT2D eigenvalue weighted by Crippen LogP contribution is 2.40. The van der Waals surface area contributed by atoms with Crippen LogP contribution in [0.15, 0.2) is 0 Å². The topological polar surface area (TPSA) is 35.5 Å². The Morgan fingerprint density at radius 2 is 1.94 bits per heavy atom. The van der Waals surface area contributed by atoms with Crippen molar-refractivity contribution in [1.29, 1.82) is 0 Å². The monoisotopic (exact) mass is 240 g/mol. The molecule has 3 nitrogen and oxygen atoms in total. The Morgan fingerprint density at radius 3 is 2.47 bits per heavy atom. The van der Waals surface area contributed by atoms with Gasteiger partial charge in [-0.1, -0.05) is 20.8 Å². The SMILES string of the molecule is CC1CCN(CCNC2CC(O)C2(C)C)CC1. The molecule has 0 spiro atoms. The van der Waals surface area contributed by atoms with Gasteiger partial charge in [-0.25, -0.2) is 0 Å². The Balaban J connectivity index is 1.61. The number of rotatable bonds is 4. The van der Waals surface area contributed by atoms with Gasteiger partial charge in [-0.15, -0.1) is 0 Å². The summed E-state index contributed by atoms with van der Waals surface area (Å²) in [5.74, 6) is 0.917. The standard InChI is InChI=1S/C14H28N2O/c1-11-4-7-16(8-5-11)9-6-15-12-10-13(17)14(12,2)3/h11-13,15,17H,4-10H2,1-3H3. The molecule has 0 aromatic rings. The van der Waals surface area contributed by atoms with Gasteiger partial charge in [0.1, 0.15) is 0 Å². The van der Waals surface area contributed by atoms with Crippen molar-refractivity contribution in [3.63, 3.8) is 0 Å². The maximum atomic E-state index is 9.67. The van der Waals surface area contributed by atoms with Gasteiger partial charge in [0, 0.05) is 24.5 Å². The molecule has 0 aromatic heterocycles. The van der Waals surface area contributed by atoms with Crippen molar-refractivity contribution < 1.29 is 5.11 Å². The quantitative estimate of drug-likeness (QED) is 0.781. The Bertz CT molecular complexity index is 247. The Kier molecular flexibility index (Phi) is 4.11. The van der Waals surface area contributed by atoms with Crippen LogP contribution in [0.1, 0.15) is 40.0 Å². The summed E-state index contributed by atoms with van der Waals surface area (Å²) in [6.07, 6.45) is 3.52. The summed E-state index contributed by atoms with van der Waals surface area (Å²) in [6.45, 7) is 11.4. The van der Waals surface area contributed by atoms with Crippen LogP contribution in [0.5, 0.6) is 0 Å². The highest BCUT2D eigenvalue weighted by molar-refractivity contribution is 5.01. The molecule has 0 radical (unpaired) electrons. The van der Waals surface area contributed by atoms with Crippen LogP contribution in [-0.4, -0.2) is 48.3 Å². The lowest BCUT2D eigenvalue weighted by atomic mass is 9.64. The van der Waals surface area contributed by atoms with Gasteiger partial charge < -0.3 is 15.3 Å². The minimum absolute atomic E-state index is 0.0659. The van der Waals surface area contributed by atoms with Crippen molar-refractivity contribution in [2.24, 2.45) is 11.3 Å². The molecule has 2 rings (SSSR count). The van der Waals surface area contributed by atoms with Gasteiger partial charge in [-0.3, -0.25) is 0 Å². The van der Waals surface area contributed by atoms with Crippen LogP contribution in [0.25, 0.3) is 0 Å². The van der Waals surface area contributed by atoms with Gasteiger partial charge in [-0.2, -0.15) is 0 Å². The average Bonchev–Trinajstić information content (AvgIpc) is 2.30. The number of hydrogen-bond acceptors (Lipinski definition) is 3. The van der Waals surface area contributed by atoms with E-state index in [1.165, 1.54) is 25.9 Å². The molecule has 17 heavy (non-hydrogen) atoms. The van der Waals surface area contributed by atoms with Crippen molar-refractivity contribution in [2.75, 3.05) is 26.2 Å². The van der Waals surface area contributed by atoms with Gasteiger partial charge in [0.2, 0.25) is 0 Å². The third-order valence-corrected chi connectivity index (χ3v) is 4.91. The molecule has 2 N–H and O–H groups in total. The number of piperidine rings is 1. The zero-order chi connectivity index (χ0) is 12.5. The molecule has 2 aliphatic rings. The second-order valence-corrected chi connectivity index (χ2v) is 6.60. The number of aliphatic hydroxyl groups is 1. The van der Waals surface area contributed by atoms with Crippen molar-refractivity contribution in [3.8, 4) is 0 Å². The van der Waals surface area contributed by atoms with Gasteiger partial charge in [0.05, 0.1) is 6.10 Å². The first-order valence-corrected chi connectivity index (χ1v) is 7.14. The molecule has 1 aliphatic carbocycles. The predicted molar refractivity (Wildman–Crippen MR) is 71.0 cm³/mol. The van der Waals surface area contributed by atoms with Gasteiger partial charge in [-0.05, 0) is 38.3 Å².